The largest absolute Gasteiger partial charge is 0.370 e. The first-order chi connectivity index (χ1) is 8.26. The maximum absolute atomic E-state index is 4.65. The van der Waals surface area contributed by atoms with Crippen LogP contribution in [0.4, 0.5) is 11.6 Å². The number of hydrogen-bond donors (Lipinski definition) is 2. The van der Waals surface area contributed by atoms with Gasteiger partial charge in [-0.3, -0.25) is 0 Å². The van der Waals surface area contributed by atoms with Crippen LogP contribution in [0.3, 0.4) is 0 Å². The zero-order valence-corrected chi connectivity index (χ0v) is 11.0. The summed E-state index contributed by atoms with van der Waals surface area (Å²) in [6.07, 6.45) is 3.59. The molecule has 0 saturated heterocycles. The Balaban J connectivity index is 2.27. The maximum atomic E-state index is 4.65. The van der Waals surface area contributed by atoms with Crippen molar-refractivity contribution in [2.75, 3.05) is 23.7 Å². The highest BCUT2D eigenvalue weighted by atomic mass is 15.1. The Labute approximate surface area is 103 Å². The fourth-order valence-electron chi connectivity index (χ4n) is 1.81. The molecule has 0 radical (unpaired) electrons. The summed E-state index contributed by atoms with van der Waals surface area (Å²) >= 11 is 0. The second kappa shape index (κ2) is 5.34. The minimum Gasteiger partial charge on any atom is -0.370 e. The fraction of sp³-hybridized carbons (Fsp3) is 0.692. The van der Waals surface area contributed by atoms with Crippen molar-refractivity contribution in [1.82, 2.24) is 9.97 Å². The first kappa shape index (κ1) is 12.1. The molecule has 0 spiro atoms. The van der Waals surface area contributed by atoms with Gasteiger partial charge in [0.25, 0.3) is 0 Å². The summed E-state index contributed by atoms with van der Waals surface area (Å²) in [5.41, 5.74) is 1.13. The van der Waals surface area contributed by atoms with Crippen molar-refractivity contribution in [2.24, 2.45) is 0 Å². The molecule has 2 N–H and O–H groups in total. The third-order valence-corrected chi connectivity index (χ3v) is 2.99. The molecule has 1 aliphatic carbocycles. The van der Waals surface area contributed by atoms with E-state index in [0.717, 1.165) is 42.5 Å². The third-order valence-electron chi connectivity index (χ3n) is 2.99. The standard InChI is InChI=1S/C13H22N4/c1-4-8-15-12-9(3)11(14-5-2)16-13(17-12)10-6-7-10/h10H,4-8H2,1-3H3,(H2,14,15,16,17). The van der Waals surface area contributed by atoms with Gasteiger partial charge >= 0.3 is 0 Å². The molecule has 0 aromatic carbocycles. The molecule has 4 nitrogen and oxygen atoms in total. The Kier molecular flexibility index (Phi) is 3.82. The van der Waals surface area contributed by atoms with Crippen LogP contribution in [-0.4, -0.2) is 23.1 Å². The molecule has 1 aliphatic rings. The van der Waals surface area contributed by atoms with Crippen LogP contribution >= 0.6 is 0 Å². The van der Waals surface area contributed by atoms with Crippen molar-refractivity contribution in [3.63, 3.8) is 0 Å². The first-order valence-electron chi connectivity index (χ1n) is 6.62. The molecular formula is C13H22N4. The lowest BCUT2D eigenvalue weighted by Gasteiger charge is -2.14. The van der Waals surface area contributed by atoms with Crippen molar-refractivity contribution in [1.29, 1.82) is 0 Å². The molecule has 2 rings (SSSR count). The second-order valence-electron chi connectivity index (χ2n) is 4.64. The van der Waals surface area contributed by atoms with Gasteiger partial charge in [0.05, 0.1) is 0 Å². The number of aromatic nitrogens is 2. The summed E-state index contributed by atoms with van der Waals surface area (Å²) in [5, 5.41) is 6.72. The summed E-state index contributed by atoms with van der Waals surface area (Å²) < 4.78 is 0. The van der Waals surface area contributed by atoms with Crippen molar-refractivity contribution < 1.29 is 0 Å². The van der Waals surface area contributed by atoms with Crippen LogP contribution in [0.15, 0.2) is 0 Å². The summed E-state index contributed by atoms with van der Waals surface area (Å²) in [5.74, 6) is 3.59. The fourth-order valence-corrected chi connectivity index (χ4v) is 1.81. The van der Waals surface area contributed by atoms with Crippen molar-refractivity contribution in [3.8, 4) is 0 Å². The lowest BCUT2D eigenvalue weighted by atomic mass is 10.2. The van der Waals surface area contributed by atoms with E-state index < -0.39 is 0 Å². The molecule has 1 heterocycles. The van der Waals surface area contributed by atoms with Crippen LogP contribution < -0.4 is 10.6 Å². The van der Waals surface area contributed by atoms with Gasteiger partial charge in [0.1, 0.15) is 17.5 Å². The van der Waals surface area contributed by atoms with Gasteiger partial charge in [-0.15, -0.1) is 0 Å². The van der Waals surface area contributed by atoms with E-state index in [1.54, 1.807) is 0 Å². The SMILES string of the molecule is CCCNc1nc(C2CC2)nc(NCC)c1C. The predicted molar refractivity (Wildman–Crippen MR) is 71.7 cm³/mol. The van der Waals surface area contributed by atoms with E-state index in [2.05, 4.69) is 41.4 Å². The Hall–Kier alpha value is -1.32. The lowest BCUT2D eigenvalue weighted by Crippen LogP contribution is -2.11. The highest BCUT2D eigenvalue weighted by molar-refractivity contribution is 5.57. The molecule has 0 amide bonds. The van der Waals surface area contributed by atoms with Gasteiger partial charge in [-0.05, 0) is 33.1 Å². The van der Waals surface area contributed by atoms with Gasteiger partial charge in [0, 0.05) is 24.6 Å². The third kappa shape index (κ3) is 2.87. The van der Waals surface area contributed by atoms with Crippen molar-refractivity contribution in [2.45, 2.75) is 46.0 Å². The number of nitrogens with zero attached hydrogens (tertiary/aromatic N) is 2. The summed E-state index contributed by atoms with van der Waals surface area (Å²) in [7, 11) is 0. The number of rotatable bonds is 6. The monoisotopic (exact) mass is 234 g/mol. The Morgan fingerprint density at radius 1 is 1.12 bits per heavy atom. The highest BCUT2D eigenvalue weighted by Crippen LogP contribution is 2.39. The average molecular weight is 234 g/mol. The highest BCUT2D eigenvalue weighted by Gasteiger charge is 2.28. The Bertz CT molecular complexity index is 385. The van der Waals surface area contributed by atoms with Crippen LogP contribution in [0.2, 0.25) is 0 Å². The van der Waals surface area contributed by atoms with E-state index in [1.807, 2.05) is 0 Å². The molecule has 1 saturated carbocycles. The average Bonchev–Trinajstić information content (AvgIpc) is 3.14. The summed E-state index contributed by atoms with van der Waals surface area (Å²) in [4.78, 5) is 9.28. The molecular weight excluding hydrogens is 212 g/mol. The van der Waals surface area contributed by atoms with E-state index in [-0.39, 0.29) is 0 Å². The molecule has 0 atom stereocenters. The van der Waals surface area contributed by atoms with Gasteiger partial charge in [0.2, 0.25) is 0 Å². The van der Waals surface area contributed by atoms with Gasteiger partial charge in [-0.25, -0.2) is 9.97 Å². The minimum absolute atomic E-state index is 0.593. The zero-order valence-electron chi connectivity index (χ0n) is 11.0. The minimum atomic E-state index is 0.593. The topological polar surface area (TPSA) is 49.8 Å². The van der Waals surface area contributed by atoms with E-state index in [4.69, 9.17) is 0 Å². The summed E-state index contributed by atoms with van der Waals surface area (Å²) in [6.45, 7) is 8.20. The van der Waals surface area contributed by atoms with Gasteiger partial charge in [0.15, 0.2) is 0 Å². The molecule has 94 valence electrons. The first-order valence-corrected chi connectivity index (χ1v) is 6.62. The van der Waals surface area contributed by atoms with Crippen LogP contribution in [-0.2, 0) is 0 Å². The number of hydrogen-bond acceptors (Lipinski definition) is 4. The Morgan fingerprint density at radius 2 is 1.76 bits per heavy atom. The van der Waals surface area contributed by atoms with Crippen LogP contribution in [0, 0.1) is 6.92 Å². The van der Waals surface area contributed by atoms with E-state index >= 15 is 0 Å². The van der Waals surface area contributed by atoms with Gasteiger partial charge < -0.3 is 10.6 Å². The predicted octanol–water partition coefficient (Wildman–Crippen LogP) is 2.92. The molecule has 1 aromatic rings. The smallest absolute Gasteiger partial charge is 0.136 e. The van der Waals surface area contributed by atoms with E-state index in [0.29, 0.717) is 5.92 Å². The number of anilines is 2. The number of nitrogens with one attached hydrogen (secondary N) is 2. The van der Waals surface area contributed by atoms with Crippen LogP contribution in [0.1, 0.15) is 50.4 Å². The maximum Gasteiger partial charge on any atom is 0.136 e. The molecule has 0 bridgehead atoms. The zero-order chi connectivity index (χ0) is 12.3. The second-order valence-corrected chi connectivity index (χ2v) is 4.64. The normalized spacial score (nSPS) is 14.8. The quantitative estimate of drug-likeness (QED) is 0.794. The van der Waals surface area contributed by atoms with E-state index in [9.17, 15) is 0 Å². The molecule has 17 heavy (non-hydrogen) atoms. The lowest BCUT2D eigenvalue weighted by molar-refractivity contribution is 0.897. The molecule has 1 fully saturated rings. The molecule has 1 aromatic heterocycles. The van der Waals surface area contributed by atoms with Gasteiger partial charge in [-0.1, -0.05) is 6.92 Å². The molecule has 0 unspecified atom stereocenters. The Morgan fingerprint density at radius 3 is 2.29 bits per heavy atom. The van der Waals surface area contributed by atoms with Gasteiger partial charge in [-0.2, -0.15) is 0 Å². The molecule has 0 aliphatic heterocycles. The van der Waals surface area contributed by atoms with Crippen molar-refractivity contribution in [3.05, 3.63) is 11.4 Å². The van der Waals surface area contributed by atoms with Crippen LogP contribution in [0.25, 0.3) is 0 Å². The van der Waals surface area contributed by atoms with Crippen LogP contribution in [0.5, 0.6) is 0 Å². The van der Waals surface area contributed by atoms with Crippen molar-refractivity contribution >= 4 is 11.6 Å². The van der Waals surface area contributed by atoms with E-state index in [1.165, 1.54) is 12.8 Å². The molecule has 4 heteroatoms. The summed E-state index contributed by atoms with van der Waals surface area (Å²) in [6, 6.07) is 0.